The minimum absolute atomic E-state index is 0.0653. The number of fused-ring (bicyclic) bond motifs is 1. The third-order valence-electron chi connectivity index (χ3n) is 3.31. The molecule has 98 valence electrons. The van der Waals surface area contributed by atoms with Crippen molar-refractivity contribution in [1.82, 2.24) is 0 Å². The standard InChI is InChI=1S/C12H12Br2O4/c1-17-11(15)5-3-7(13)10-6(12(16)18-2)4-8(14)9(5)10/h3-4,7-10H,1-2H3/t7-,8-,9+,10+/m1/s1. The lowest BCUT2D eigenvalue weighted by atomic mass is 9.90. The van der Waals surface area contributed by atoms with Gasteiger partial charge >= 0.3 is 11.9 Å². The van der Waals surface area contributed by atoms with Gasteiger partial charge in [-0.2, -0.15) is 0 Å². The zero-order chi connectivity index (χ0) is 13.4. The topological polar surface area (TPSA) is 52.6 Å². The number of carbonyl (C=O) groups excluding carboxylic acids is 2. The molecule has 4 nitrogen and oxygen atoms in total. The van der Waals surface area contributed by atoms with Crippen molar-refractivity contribution >= 4 is 43.8 Å². The number of rotatable bonds is 2. The molecule has 0 bridgehead atoms. The van der Waals surface area contributed by atoms with Crippen molar-refractivity contribution in [1.29, 1.82) is 0 Å². The second kappa shape index (κ2) is 5.17. The second-order valence-electron chi connectivity index (χ2n) is 4.17. The molecular weight excluding hydrogens is 368 g/mol. The molecule has 0 radical (unpaired) electrons. The van der Waals surface area contributed by atoms with Gasteiger partial charge in [0.1, 0.15) is 0 Å². The number of alkyl halides is 2. The van der Waals surface area contributed by atoms with Crippen molar-refractivity contribution in [3.63, 3.8) is 0 Å². The maximum Gasteiger partial charge on any atom is 0.333 e. The minimum Gasteiger partial charge on any atom is -0.466 e. The summed E-state index contributed by atoms with van der Waals surface area (Å²) in [6.45, 7) is 0. The fourth-order valence-electron chi connectivity index (χ4n) is 2.54. The van der Waals surface area contributed by atoms with Gasteiger partial charge in [0.15, 0.2) is 0 Å². The molecular formula is C12H12Br2O4. The van der Waals surface area contributed by atoms with Crippen LogP contribution in [0.4, 0.5) is 0 Å². The number of halogens is 2. The number of allylic oxidation sites excluding steroid dienone is 2. The van der Waals surface area contributed by atoms with Crippen LogP contribution in [0.25, 0.3) is 0 Å². The Morgan fingerprint density at radius 1 is 0.944 bits per heavy atom. The van der Waals surface area contributed by atoms with Gasteiger partial charge in [0.2, 0.25) is 0 Å². The van der Waals surface area contributed by atoms with E-state index in [1.54, 1.807) is 0 Å². The molecule has 0 heterocycles. The van der Waals surface area contributed by atoms with E-state index >= 15 is 0 Å². The number of hydrogen-bond donors (Lipinski definition) is 0. The summed E-state index contributed by atoms with van der Waals surface area (Å²) in [5, 5.41) is 0. The molecule has 0 unspecified atom stereocenters. The molecule has 2 aliphatic rings. The fraction of sp³-hybridized carbons (Fsp3) is 0.500. The van der Waals surface area contributed by atoms with Crippen LogP contribution in [0.3, 0.4) is 0 Å². The number of esters is 2. The minimum atomic E-state index is -0.351. The van der Waals surface area contributed by atoms with Gasteiger partial charge < -0.3 is 9.47 Å². The fourth-order valence-corrected chi connectivity index (χ4v) is 4.34. The summed E-state index contributed by atoms with van der Waals surface area (Å²) in [7, 11) is 2.71. The Hall–Kier alpha value is -0.620. The van der Waals surface area contributed by atoms with Crippen LogP contribution in [0, 0.1) is 11.8 Å². The highest BCUT2D eigenvalue weighted by molar-refractivity contribution is 9.10. The number of hydrogen-bond acceptors (Lipinski definition) is 4. The molecule has 0 aromatic heterocycles. The van der Waals surface area contributed by atoms with Crippen molar-refractivity contribution in [2.45, 2.75) is 9.65 Å². The summed E-state index contributed by atoms with van der Waals surface area (Å²) in [6, 6.07) is 0. The van der Waals surface area contributed by atoms with Crippen molar-refractivity contribution in [2.24, 2.45) is 11.8 Å². The molecule has 0 fully saturated rings. The zero-order valence-corrected chi connectivity index (χ0v) is 13.0. The van der Waals surface area contributed by atoms with Crippen molar-refractivity contribution in [3.8, 4) is 0 Å². The quantitative estimate of drug-likeness (QED) is 0.543. The van der Waals surface area contributed by atoms with Crippen molar-refractivity contribution in [2.75, 3.05) is 14.2 Å². The van der Waals surface area contributed by atoms with Crippen LogP contribution in [0.1, 0.15) is 0 Å². The van der Waals surface area contributed by atoms with E-state index in [0.717, 1.165) is 0 Å². The van der Waals surface area contributed by atoms with Crippen molar-refractivity contribution in [3.05, 3.63) is 23.3 Å². The van der Waals surface area contributed by atoms with Crippen LogP contribution in [-0.2, 0) is 19.1 Å². The monoisotopic (exact) mass is 378 g/mol. The highest BCUT2D eigenvalue weighted by atomic mass is 79.9. The molecule has 18 heavy (non-hydrogen) atoms. The van der Waals surface area contributed by atoms with Crippen LogP contribution in [-0.4, -0.2) is 35.8 Å². The predicted molar refractivity (Wildman–Crippen MR) is 72.6 cm³/mol. The summed E-state index contributed by atoms with van der Waals surface area (Å²) in [4.78, 5) is 23.3. The normalized spacial score (nSPS) is 33.6. The lowest BCUT2D eigenvalue weighted by Crippen LogP contribution is -2.25. The Morgan fingerprint density at radius 2 is 1.28 bits per heavy atom. The third-order valence-corrected chi connectivity index (χ3v) is 4.98. The molecule has 0 amide bonds. The SMILES string of the molecule is COC(=O)C1=C[C@@H](Br)[C@@H]2C(C(=O)OC)=C[C@@H](Br)[C@H]12. The molecule has 2 rings (SSSR count). The molecule has 2 aliphatic carbocycles. The number of methoxy groups -OCH3 is 2. The molecule has 4 atom stereocenters. The number of ether oxygens (including phenoxy) is 2. The Bertz CT molecular complexity index is 413. The first kappa shape index (κ1) is 13.8. The van der Waals surface area contributed by atoms with Crippen LogP contribution < -0.4 is 0 Å². The van der Waals surface area contributed by atoms with Gasteiger partial charge in [-0.1, -0.05) is 44.0 Å². The van der Waals surface area contributed by atoms with Crippen LogP contribution >= 0.6 is 31.9 Å². The highest BCUT2D eigenvalue weighted by Crippen LogP contribution is 2.50. The molecule has 0 saturated heterocycles. The number of carbonyl (C=O) groups is 2. The highest BCUT2D eigenvalue weighted by Gasteiger charge is 2.49. The van der Waals surface area contributed by atoms with Gasteiger partial charge in [0, 0.05) is 32.6 Å². The zero-order valence-electron chi connectivity index (χ0n) is 9.85. The van der Waals surface area contributed by atoms with Crippen molar-refractivity contribution < 1.29 is 19.1 Å². The van der Waals surface area contributed by atoms with Crippen LogP contribution in [0.2, 0.25) is 0 Å². The smallest absolute Gasteiger partial charge is 0.333 e. The van der Waals surface area contributed by atoms with E-state index in [2.05, 4.69) is 31.9 Å². The lowest BCUT2D eigenvalue weighted by Gasteiger charge is -2.20. The molecule has 0 aromatic rings. The van der Waals surface area contributed by atoms with Gasteiger partial charge in [-0.15, -0.1) is 0 Å². The van der Waals surface area contributed by atoms with Gasteiger partial charge in [-0.3, -0.25) is 0 Å². The van der Waals surface area contributed by atoms with Crippen LogP contribution in [0.15, 0.2) is 23.3 Å². The van der Waals surface area contributed by atoms with Gasteiger partial charge in [-0.25, -0.2) is 9.59 Å². The van der Waals surface area contributed by atoms with Crippen LogP contribution in [0.5, 0.6) is 0 Å². The van der Waals surface area contributed by atoms with E-state index < -0.39 is 0 Å². The largest absolute Gasteiger partial charge is 0.466 e. The summed E-state index contributed by atoms with van der Waals surface area (Å²) < 4.78 is 9.55. The molecule has 0 spiro atoms. The Balaban J connectivity index is 2.32. The van der Waals surface area contributed by atoms with E-state index in [0.29, 0.717) is 11.1 Å². The molecule has 6 heteroatoms. The Labute approximate surface area is 122 Å². The summed E-state index contributed by atoms with van der Waals surface area (Å²) in [5.74, 6) is -0.876. The summed E-state index contributed by atoms with van der Waals surface area (Å²) in [5.41, 5.74) is 1.20. The Morgan fingerprint density at radius 3 is 1.56 bits per heavy atom. The average molecular weight is 380 g/mol. The van der Waals surface area contributed by atoms with Gasteiger partial charge in [0.25, 0.3) is 0 Å². The van der Waals surface area contributed by atoms with E-state index in [9.17, 15) is 9.59 Å². The van der Waals surface area contributed by atoms with E-state index in [1.807, 2.05) is 12.2 Å². The molecule has 0 N–H and O–H groups in total. The summed E-state index contributed by atoms with van der Waals surface area (Å²) in [6.07, 6.45) is 3.62. The molecule has 0 aliphatic heterocycles. The maximum atomic E-state index is 11.7. The van der Waals surface area contributed by atoms with Gasteiger partial charge in [0.05, 0.1) is 14.2 Å². The summed E-state index contributed by atoms with van der Waals surface area (Å²) >= 11 is 6.99. The lowest BCUT2D eigenvalue weighted by molar-refractivity contribution is -0.138. The molecule has 0 saturated carbocycles. The predicted octanol–water partition coefficient (Wildman–Crippen LogP) is 1.97. The van der Waals surface area contributed by atoms with E-state index in [4.69, 9.17) is 9.47 Å². The van der Waals surface area contributed by atoms with E-state index in [1.165, 1.54) is 14.2 Å². The molecule has 0 aromatic carbocycles. The average Bonchev–Trinajstić information content (AvgIpc) is 2.88. The van der Waals surface area contributed by atoms with E-state index in [-0.39, 0.29) is 33.4 Å². The Kier molecular flexibility index (Phi) is 3.96. The maximum absolute atomic E-state index is 11.7. The first-order valence-electron chi connectivity index (χ1n) is 5.39. The van der Waals surface area contributed by atoms with Gasteiger partial charge in [-0.05, 0) is 0 Å². The first-order valence-corrected chi connectivity index (χ1v) is 7.22. The first-order chi connectivity index (χ1) is 8.51. The third kappa shape index (κ3) is 2.05. The second-order valence-corrected chi connectivity index (χ2v) is 6.28.